The van der Waals surface area contributed by atoms with Gasteiger partial charge in [-0.15, -0.1) is 0 Å². The molecule has 2 aliphatic rings. The second kappa shape index (κ2) is 25.6. The lowest BCUT2D eigenvalue weighted by Crippen LogP contribution is -2.26. The maximum absolute atomic E-state index is 6.28. The number of rotatable bonds is 30. The Morgan fingerprint density at radius 2 is 0.692 bits per heavy atom. The van der Waals surface area contributed by atoms with Crippen molar-refractivity contribution in [2.45, 2.75) is 218 Å². The van der Waals surface area contributed by atoms with Gasteiger partial charge in [-0.05, 0) is 52.4 Å². The largest absolute Gasteiger partial charge is 0.378 e. The van der Waals surface area contributed by atoms with Crippen molar-refractivity contribution in [3.63, 3.8) is 0 Å². The number of hydrogen-bond acceptors (Lipinski definition) is 3. The lowest BCUT2D eigenvalue weighted by Gasteiger charge is -2.26. The Morgan fingerprint density at radius 1 is 0.436 bits per heavy atom. The predicted octanol–water partition coefficient (Wildman–Crippen LogP) is 11.5. The third-order valence-corrected chi connectivity index (χ3v) is 9.32. The smallest absolute Gasteiger partial charge is 0.0597 e. The van der Waals surface area contributed by atoms with Gasteiger partial charge >= 0.3 is 0 Å². The molecule has 0 aromatic rings. The Kier molecular flexibility index (Phi) is 23.0. The Labute approximate surface area is 245 Å². The quantitative estimate of drug-likeness (QED) is 0.0832. The average molecular weight is 551 g/mol. The number of hydrogen-bond donors (Lipinski definition) is 0. The summed E-state index contributed by atoms with van der Waals surface area (Å²) in [6.45, 7) is 6.60. The zero-order chi connectivity index (χ0) is 27.6. The van der Waals surface area contributed by atoms with Crippen molar-refractivity contribution in [3.8, 4) is 0 Å². The highest BCUT2D eigenvalue weighted by Gasteiger charge is 2.17. The van der Waals surface area contributed by atoms with E-state index in [1.165, 1.54) is 180 Å². The van der Waals surface area contributed by atoms with Crippen LogP contribution in [-0.2, 0) is 14.2 Å². The van der Waals surface area contributed by atoms with Gasteiger partial charge < -0.3 is 14.2 Å². The van der Waals surface area contributed by atoms with Gasteiger partial charge in [0.05, 0.1) is 24.4 Å². The molecule has 0 amide bonds. The Bertz CT molecular complexity index is 458. The zero-order valence-corrected chi connectivity index (χ0v) is 26.7. The van der Waals surface area contributed by atoms with Crippen LogP contribution in [0.1, 0.15) is 194 Å². The maximum Gasteiger partial charge on any atom is 0.0597 e. The minimum absolute atomic E-state index is 0.433. The molecule has 0 aliphatic carbocycles. The summed E-state index contributed by atoms with van der Waals surface area (Å²) < 4.78 is 17.3. The van der Waals surface area contributed by atoms with Gasteiger partial charge in [0, 0.05) is 13.2 Å². The molecule has 0 aromatic heterocycles. The molecule has 2 saturated heterocycles. The molecular formula is C36H70O3. The van der Waals surface area contributed by atoms with E-state index in [0.29, 0.717) is 24.4 Å². The first kappa shape index (κ1) is 35.1. The summed E-state index contributed by atoms with van der Waals surface area (Å²) in [5, 5.41) is 0. The van der Waals surface area contributed by atoms with Crippen molar-refractivity contribution in [3.05, 3.63) is 0 Å². The van der Waals surface area contributed by atoms with Gasteiger partial charge in [-0.25, -0.2) is 0 Å². The third kappa shape index (κ3) is 21.3. The van der Waals surface area contributed by atoms with Gasteiger partial charge in [-0.2, -0.15) is 0 Å². The second-order valence-electron chi connectivity index (χ2n) is 13.3. The summed E-state index contributed by atoms with van der Waals surface area (Å²) in [6.07, 6.45) is 41.0. The lowest BCUT2D eigenvalue weighted by atomic mass is 10.0. The van der Waals surface area contributed by atoms with Crippen LogP contribution in [0.2, 0.25) is 0 Å². The minimum atomic E-state index is 0.433. The lowest BCUT2D eigenvalue weighted by molar-refractivity contribution is -0.0557. The molecule has 0 aromatic carbocycles. The molecule has 4 unspecified atom stereocenters. The maximum atomic E-state index is 6.28. The fraction of sp³-hybridized carbons (Fsp3) is 1.00. The van der Waals surface area contributed by atoms with Crippen LogP contribution in [0, 0.1) is 0 Å². The third-order valence-electron chi connectivity index (χ3n) is 9.32. The molecule has 232 valence electrons. The van der Waals surface area contributed by atoms with Gasteiger partial charge in [-0.1, -0.05) is 141 Å². The molecule has 0 spiro atoms. The van der Waals surface area contributed by atoms with E-state index in [0.717, 1.165) is 13.2 Å². The van der Waals surface area contributed by atoms with Crippen LogP contribution in [0.3, 0.4) is 0 Å². The molecule has 2 fully saturated rings. The Morgan fingerprint density at radius 3 is 0.949 bits per heavy atom. The van der Waals surface area contributed by atoms with Gasteiger partial charge in [0.15, 0.2) is 0 Å². The van der Waals surface area contributed by atoms with Crippen LogP contribution in [-0.4, -0.2) is 37.6 Å². The van der Waals surface area contributed by atoms with E-state index in [2.05, 4.69) is 13.8 Å². The molecule has 2 aliphatic heterocycles. The fourth-order valence-electron chi connectivity index (χ4n) is 6.35. The highest BCUT2D eigenvalue weighted by Crippen LogP contribution is 2.21. The van der Waals surface area contributed by atoms with Gasteiger partial charge in [0.25, 0.3) is 0 Å². The summed E-state index contributed by atoms with van der Waals surface area (Å²) in [7, 11) is 0. The van der Waals surface area contributed by atoms with E-state index in [1.54, 1.807) is 0 Å². The minimum Gasteiger partial charge on any atom is -0.378 e. The second-order valence-corrected chi connectivity index (χ2v) is 13.3. The predicted molar refractivity (Wildman–Crippen MR) is 169 cm³/mol. The van der Waals surface area contributed by atoms with E-state index in [1.807, 2.05) is 0 Å². The SMILES string of the molecule is CC(CCCCCCCCCCCCCC1CCO1)OC(C)CCCCCCCCCCCCCC1CCO1. The van der Waals surface area contributed by atoms with E-state index in [4.69, 9.17) is 14.2 Å². The van der Waals surface area contributed by atoms with Crippen LogP contribution < -0.4 is 0 Å². The summed E-state index contributed by atoms with van der Waals surface area (Å²) in [4.78, 5) is 0. The molecule has 0 bridgehead atoms. The van der Waals surface area contributed by atoms with Crippen molar-refractivity contribution < 1.29 is 14.2 Å². The first-order chi connectivity index (χ1) is 19.2. The summed E-state index contributed by atoms with van der Waals surface area (Å²) in [5.41, 5.74) is 0. The standard InChI is InChI=1S/C36H70O3/c1-33(25-21-17-13-9-5-3-7-11-15-19-23-27-35-29-31-37-35)39-34(2)26-22-18-14-10-6-4-8-12-16-20-24-28-36-30-32-38-36/h33-36H,3-32H2,1-2H3. The van der Waals surface area contributed by atoms with Crippen LogP contribution in [0.15, 0.2) is 0 Å². The van der Waals surface area contributed by atoms with Crippen LogP contribution in [0.5, 0.6) is 0 Å². The van der Waals surface area contributed by atoms with Crippen LogP contribution in [0.4, 0.5) is 0 Å². The van der Waals surface area contributed by atoms with Crippen molar-refractivity contribution in [2.24, 2.45) is 0 Å². The highest BCUT2D eigenvalue weighted by molar-refractivity contribution is 4.67. The van der Waals surface area contributed by atoms with E-state index in [-0.39, 0.29) is 0 Å². The first-order valence-corrected chi connectivity index (χ1v) is 18.1. The summed E-state index contributed by atoms with van der Waals surface area (Å²) in [6, 6.07) is 0. The summed E-state index contributed by atoms with van der Waals surface area (Å²) in [5.74, 6) is 0. The number of unbranched alkanes of at least 4 members (excludes halogenated alkanes) is 20. The van der Waals surface area contributed by atoms with Gasteiger partial charge in [-0.3, -0.25) is 0 Å². The Hall–Kier alpha value is -0.120. The molecule has 4 atom stereocenters. The molecule has 2 heterocycles. The molecule has 0 radical (unpaired) electrons. The summed E-state index contributed by atoms with van der Waals surface area (Å²) >= 11 is 0. The topological polar surface area (TPSA) is 27.7 Å². The van der Waals surface area contributed by atoms with Crippen LogP contribution >= 0.6 is 0 Å². The molecule has 3 heteroatoms. The molecule has 0 N–H and O–H groups in total. The molecular weight excluding hydrogens is 480 g/mol. The average Bonchev–Trinajstić information content (AvgIpc) is 2.86. The van der Waals surface area contributed by atoms with Crippen molar-refractivity contribution >= 4 is 0 Å². The molecule has 0 saturated carbocycles. The first-order valence-electron chi connectivity index (χ1n) is 18.1. The van der Waals surface area contributed by atoms with Crippen molar-refractivity contribution in [1.82, 2.24) is 0 Å². The molecule has 3 nitrogen and oxygen atoms in total. The van der Waals surface area contributed by atoms with Gasteiger partial charge in [0.1, 0.15) is 0 Å². The number of ether oxygens (including phenoxy) is 3. The van der Waals surface area contributed by atoms with E-state index in [9.17, 15) is 0 Å². The van der Waals surface area contributed by atoms with E-state index >= 15 is 0 Å². The normalized spacial score (nSPS) is 20.5. The van der Waals surface area contributed by atoms with Crippen molar-refractivity contribution in [2.75, 3.05) is 13.2 Å². The zero-order valence-electron chi connectivity index (χ0n) is 26.7. The van der Waals surface area contributed by atoms with Gasteiger partial charge in [0.2, 0.25) is 0 Å². The van der Waals surface area contributed by atoms with Crippen molar-refractivity contribution in [1.29, 1.82) is 0 Å². The molecule has 2 rings (SSSR count). The molecule has 39 heavy (non-hydrogen) atoms. The highest BCUT2D eigenvalue weighted by atomic mass is 16.5. The fourth-order valence-corrected chi connectivity index (χ4v) is 6.35. The Balaban J connectivity index is 1.20. The monoisotopic (exact) mass is 551 g/mol. The van der Waals surface area contributed by atoms with E-state index < -0.39 is 0 Å². The van der Waals surface area contributed by atoms with Crippen LogP contribution in [0.25, 0.3) is 0 Å².